The van der Waals surface area contributed by atoms with E-state index in [2.05, 4.69) is 19.9 Å². The third-order valence-electron chi connectivity index (χ3n) is 4.90. The number of amides is 1. The van der Waals surface area contributed by atoms with Gasteiger partial charge in [-0.2, -0.15) is 13.4 Å². The number of benzene rings is 2. The predicted molar refractivity (Wildman–Crippen MR) is 115 cm³/mol. The van der Waals surface area contributed by atoms with Gasteiger partial charge in [0.1, 0.15) is 5.84 Å². The molecular formula is C21H21N5O4S. The van der Waals surface area contributed by atoms with Gasteiger partial charge in [0.05, 0.1) is 16.0 Å². The molecule has 1 aromatic heterocycles. The van der Waals surface area contributed by atoms with Crippen LogP contribution in [0.2, 0.25) is 0 Å². The number of carbonyl (C=O) groups excluding carboxylic acids is 1. The zero-order valence-electron chi connectivity index (χ0n) is 17.1. The average Bonchev–Trinajstić information content (AvgIpc) is 3.36. The van der Waals surface area contributed by atoms with Crippen molar-refractivity contribution in [1.82, 2.24) is 15.0 Å². The summed E-state index contributed by atoms with van der Waals surface area (Å²) in [5.74, 6) is 0.898. The van der Waals surface area contributed by atoms with Crippen molar-refractivity contribution < 1.29 is 17.7 Å². The number of hydrogen-bond donors (Lipinski definition) is 1. The largest absolute Gasteiger partial charge is 0.362 e. The number of rotatable bonds is 5. The minimum absolute atomic E-state index is 0.0695. The van der Waals surface area contributed by atoms with Crippen molar-refractivity contribution >= 4 is 27.5 Å². The van der Waals surface area contributed by atoms with E-state index in [0.29, 0.717) is 34.9 Å². The van der Waals surface area contributed by atoms with Gasteiger partial charge in [0.15, 0.2) is 5.82 Å². The molecule has 160 valence electrons. The zero-order chi connectivity index (χ0) is 22.0. The third kappa shape index (κ3) is 4.48. The molecule has 9 nitrogen and oxygen atoms in total. The predicted octanol–water partition coefficient (Wildman–Crippen LogP) is 3.11. The first-order chi connectivity index (χ1) is 14.8. The number of nitrogens with one attached hydrogen (secondary N) is 1. The maximum Gasteiger partial charge on any atom is 0.283 e. The van der Waals surface area contributed by atoms with Crippen LogP contribution in [0.5, 0.6) is 0 Å². The first-order valence-electron chi connectivity index (χ1n) is 9.69. The van der Waals surface area contributed by atoms with E-state index < -0.39 is 10.0 Å². The Labute approximate surface area is 179 Å². The highest BCUT2D eigenvalue weighted by Gasteiger charge is 2.21. The number of carbonyl (C=O) groups is 1. The number of nitrogens with zero attached hydrogens (tertiary/aromatic N) is 4. The van der Waals surface area contributed by atoms with Crippen LogP contribution in [0.4, 0.5) is 5.69 Å². The normalized spacial score (nSPS) is 15.4. The Morgan fingerprint density at radius 1 is 1.16 bits per heavy atom. The number of sulfonamides is 1. The molecular weight excluding hydrogens is 418 g/mol. The van der Waals surface area contributed by atoms with Crippen molar-refractivity contribution in [2.24, 2.45) is 4.40 Å². The number of hydrogen-bond acceptors (Lipinski definition) is 6. The van der Waals surface area contributed by atoms with Crippen LogP contribution in [0.25, 0.3) is 11.5 Å². The first-order valence-corrected chi connectivity index (χ1v) is 11.1. The summed E-state index contributed by atoms with van der Waals surface area (Å²) in [7, 11) is -1.98. The summed E-state index contributed by atoms with van der Waals surface area (Å²) in [5, 5.41) is 6.53. The Bertz CT molecular complexity index is 1250. The standard InChI is InChI=1S/C21H21N5O4S/c1-14-22-21(30-24-14)18-7-4-3-6-17(18)20(27)23-15-9-11-16(12-10-15)31(28,29)25-19-8-5-13-26(19)2/h3-4,6-7,9-12H,5,8,13H2,1-2H3,(H,23,27). The maximum atomic E-state index is 12.8. The van der Waals surface area contributed by atoms with Gasteiger partial charge >= 0.3 is 0 Å². The van der Waals surface area contributed by atoms with Crippen LogP contribution in [0.1, 0.15) is 29.0 Å². The Morgan fingerprint density at radius 2 is 1.90 bits per heavy atom. The molecule has 1 aliphatic rings. The molecule has 0 spiro atoms. The maximum absolute atomic E-state index is 12.8. The lowest BCUT2D eigenvalue weighted by Crippen LogP contribution is -2.20. The summed E-state index contributed by atoms with van der Waals surface area (Å²) in [6, 6.07) is 12.8. The van der Waals surface area contributed by atoms with Crippen molar-refractivity contribution in [3.63, 3.8) is 0 Å². The van der Waals surface area contributed by atoms with Crippen LogP contribution in [0.3, 0.4) is 0 Å². The lowest BCUT2D eigenvalue weighted by Gasteiger charge is -2.11. The summed E-state index contributed by atoms with van der Waals surface area (Å²) < 4.78 is 34.3. The molecule has 1 N–H and O–H groups in total. The van der Waals surface area contributed by atoms with Crippen molar-refractivity contribution in [3.05, 3.63) is 59.9 Å². The van der Waals surface area contributed by atoms with E-state index in [1.807, 2.05) is 11.9 Å². The van der Waals surface area contributed by atoms with Crippen molar-refractivity contribution in [2.75, 3.05) is 18.9 Å². The van der Waals surface area contributed by atoms with Crippen LogP contribution in [-0.2, 0) is 10.0 Å². The van der Waals surface area contributed by atoms with Gasteiger partial charge in [0.25, 0.3) is 21.8 Å². The number of amidine groups is 1. The minimum atomic E-state index is -3.81. The Hall–Kier alpha value is -3.53. The third-order valence-corrected chi connectivity index (χ3v) is 6.22. The van der Waals surface area contributed by atoms with E-state index in [1.165, 1.54) is 24.3 Å². The van der Waals surface area contributed by atoms with Gasteiger partial charge in [-0.3, -0.25) is 4.79 Å². The Kier molecular flexibility index (Phi) is 5.55. The Morgan fingerprint density at radius 3 is 2.55 bits per heavy atom. The van der Waals surface area contributed by atoms with Gasteiger partial charge in [-0.05, 0) is 49.7 Å². The fraction of sp³-hybridized carbons (Fsp3) is 0.238. The van der Waals surface area contributed by atoms with Crippen LogP contribution < -0.4 is 5.32 Å². The van der Waals surface area contributed by atoms with Gasteiger partial charge in [-0.25, -0.2) is 0 Å². The summed E-state index contributed by atoms with van der Waals surface area (Å²) in [5.41, 5.74) is 1.32. The molecule has 1 fully saturated rings. The fourth-order valence-corrected chi connectivity index (χ4v) is 4.38. The van der Waals surface area contributed by atoms with Gasteiger partial charge < -0.3 is 14.7 Å². The average molecular weight is 439 g/mol. The lowest BCUT2D eigenvalue weighted by atomic mass is 10.1. The molecule has 10 heteroatoms. The van der Waals surface area contributed by atoms with Crippen molar-refractivity contribution in [2.45, 2.75) is 24.7 Å². The highest BCUT2D eigenvalue weighted by atomic mass is 32.2. The molecule has 2 aromatic carbocycles. The smallest absolute Gasteiger partial charge is 0.283 e. The molecule has 4 rings (SSSR count). The molecule has 0 atom stereocenters. The van der Waals surface area contributed by atoms with Gasteiger partial charge in [0.2, 0.25) is 0 Å². The monoisotopic (exact) mass is 439 g/mol. The fourth-order valence-electron chi connectivity index (χ4n) is 3.28. The van der Waals surface area contributed by atoms with E-state index >= 15 is 0 Å². The zero-order valence-corrected chi connectivity index (χ0v) is 17.9. The highest BCUT2D eigenvalue weighted by Crippen LogP contribution is 2.24. The summed E-state index contributed by atoms with van der Waals surface area (Å²) in [6.45, 7) is 2.49. The second kappa shape index (κ2) is 8.31. The number of anilines is 1. The number of aryl methyl sites for hydroxylation is 1. The van der Waals surface area contributed by atoms with E-state index in [4.69, 9.17) is 4.52 Å². The molecule has 31 heavy (non-hydrogen) atoms. The van der Waals surface area contributed by atoms with Gasteiger partial charge in [0, 0.05) is 25.7 Å². The molecule has 1 aliphatic heterocycles. The topological polar surface area (TPSA) is 118 Å². The second-order valence-corrected chi connectivity index (χ2v) is 8.78. The van der Waals surface area contributed by atoms with Gasteiger partial charge in [-0.1, -0.05) is 17.3 Å². The van der Waals surface area contributed by atoms with Gasteiger partial charge in [-0.15, -0.1) is 4.40 Å². The SMILES string of the molecule is Cc1noc(-c2ccccc2C(=O)Nc2ccc(S(=O)(=O)N=C3CCCN3C)cc2)n1. The molecule has 2 heterocycles. The van der Waals surface area contributed by atoms with Crippen molar-refractivity contribution in [1.29, 1.82) is 0 Å². The van der Waals surface area contributed by atoms with E-state index in [1.54, 1.807) is 31.2 Å². The molecule has 0 radical (unpaired) electrons. The minimum Gasteiger partial charge on any atom is -0.362 e. The van der Waals surface area contributed by atoms with Crippen molar-refractivity contribution in [3.8, 4) is 11.5 Å². The molecule has 1 amide bonds. The quantitative estimate of drug-likeness (QED) is 0.649. The van der Waals surface area contributed by atoms with Crippen LogP contribution in [-0.4, -0.2) is 48.8 Å². The second-order valence-electron chi connectivity index (χ2n) is 7.18. The van der Waals surface area contributed by atoms with E-state index in [-0.39, 0.29) is 16.7 Å². The van der Waals surface area contributed by atoms with Crippen LogP contribution in [0, 0.1) is 6.92 Å². The first kappa shape index (κ1) is 20.7. The summed E-state index contributed by atoms with van der Waals surface area (Å²) >= 11 is 0. The molecule has 3 aromatic rings. The number of aromatic nitrogens is 2. The Balaban J connectivity index is 1.53. The van der Waals surface area contributed by atoms with E-state index in [9.17, 15) is 13.2 Å². The molecule has 0 saturated carbocycles. The van der Waals surface area contributed by atoms with Crippen LogP contribution in [0.15, 0.2) is 62.3 Å². The summed E-state index contributed by atoms with van der Waals surface area (Å²) in [6.07, 6.45) is 1.53. The molecule has 0 bridgehead atoms. The molecule has 0 unspecified atom stereocenters. The molecule has 0 aliphatic carbocycles. The number of likely N-dealkylation sites (tertiary alicyclic amines) is 1. The summed E-state index contributed by atoms with van der Waals surface area (Å²) in [4.78, 5) is 18.9. The highest BCUT2D eigenvalue weighted by molar-refractivity contribution is 7.90. The van der Waals surface area contributed by atoms with Crippen LogP contribution >= 0.6 is 0 Å². The lowest BCUT2D eigenvalue weighted by molar-refractivity contribution is 0.102. The van der Waals surface area contributed by atoms with E-state index in [0.717, 1.165) is 13.0 Å². The molecule has 1 saturated heterocycles.